The minimum absolute atomic E-state index is 0.0484. The van der Waals surface area contributed by atoms with Gasteiger partial charge in [-0.3, -0.25) is 9.59 Å². The van der Waals surface area contributed by atoms with Crippen LogP contribution in [-0.4, -0.2) is 17.9 Å². The summed E-state index contributed by atoms with van der Waals surface area (Å²) in [4.78, 5) is 23.9. The van der Waals surface area contributed by atoms with Gasteiger partial charge in [-0.05, 0) is 18.4 Å². The van der Waals surface area contributed by atoms with Crippen LogP contribution in [0, 0.1) is 0 Å². The van der Waals surface area contributed by atoms with Crippen molar-refractivity contribution in [1.29, 1.82) is 0 Å². The van der Waals surface area contributed by atoms with Crippen molar-refractivity contribution in [2.75, 3.05) is 0 Å². The minimum atomic E-state index is -0.330. The number of ketones is 1. The number of benzene rings is 1. The Morgan fingerprint density at radius 1 is 1.05 bits per heavy atom. The zero-order valence-corrected chi connectivity index (χ0v) is 11.3. The maximum atomic E-state index is 12.2. The molecule has 0 fully saturated rings. The van der Waals surface area contributed by atoms with Crippen molar-refractivity contribution in [2.45, 2.75) is 38.2 Å². The van der Waals surface area contributed by atoms with E-state index in [1.807, 2.05) is 30.3 Å². The maximum absolute atomic E-state index is 12.2. The van der Waals surface area contributed by atoms with E-state index in [0.717, 1.165) is 5.56 Å². The summed E-state index contributed by atoms with van der Waals surface area (Å²) in [5, 5.41) is 0. The van der Waals surface area contributed by atoms with Crippen LogP contribution < -0.4 is 0 Å². The number of rotatable bonds is 1. The molecule has 0 radical (unpaired) electrons. The molecule has 1 heterocycles. The SMILES string of the molecule is CC1CC(=O)OC2=C(O1)C(=O)CC(c1ccccc1)C2. The van der Waals surface area contributed by atoms with Crippen molar-refractivity contribution in [3.05, 3.63) is 47.4 Å². The molecule has 0 saturated carbocycles. The number of hydrogen-bond donors (Lipinski definition) is 0. The Bertz CT molecular complexity index is 573. The van der Waals surface area contributed by atoms with E-state index in [0.29, 0.717) is 18.6 Å². The third-order valence-electron chi connectivity index (χ3n) is 3.65. The first-order chi connectivity index (χ1) is 9.63. The molecule has 0 bridgehead atoms. The molecule has 1 aromatic carbocycles. The third-order valence-corrected chi connectivity index (χ3v) is 3.65. The quantitative estimate of drug-likeness (QED) is 0.738. The van der Waals surface area contributed by atoms with Gasteiger partial charge in [0.2, 0.25) is 11.5 Å². The van der Waals surface area contributed by atoms with Crippen LogP contribution in [0.25, 0.3) is 0 Å². The van der Waals surface area contributed by atoms with E-state index in [1.165, 1.54) is 0 Å². The van der Waals surface area contributed by atoms with Crippen LogP contribution in [0.1, 0.15) is 37.7 Å². The predicted molar refractivity (Wildman–Crippen MR) is 71.7 cm³/mol. The van der Waals surface area contributed by atoms with Gasteiger partial charge in [0.25, 0.3) is 0 Å². The van der Waals surface area contributed by atoms with Gasteiger partial charge in [-0.2, -0.15) is 0 Å². The monoisotopic (exact) mass is 272 g/mol. The molecule has 0 saturated heterocycles. The molecule has 4 nitrogen and oxygen atoms in total. The number of esters is 1. The summed E-state index contributed by atoms with van der Waals surface area (Å²) in [5.74, 6) is 0.276. The highest BCUT2D eigenvalue weighted by molar-refractivity contribution is 5.96. The van der Waals surface area contributed by atoms with Crippen molar-refractivity contribution < 1.29 is 19.1 Å². The summed E-state index contributed by atoms with van der Waals surface area (Å²) in [6, 6.07) is 9.81. The molecule has 20 heavy (non-hydrogen) atoms. The minimum Gasteiger partial charge on any atom is -0.483 e. The lowest BCUT2D eigenvalue weighted by molar-refractivity contribution is -0.140. The molecule has 2 aliphatic rings. The van der Waals surface area contributed by atoms with Crippen molar-refractivity contribution in [3.63, 3.8) is 0 Å². The Morgan fingerprint density at radius 2 is 1.80 bits per heavy atom. The lowest BCUT2D eigenvalue weighted by atomic mass is 9.85. The van der Waals surface area contributed by atoms with Gasteiger partial charge < -0.3 is 9.47 Å². The molecule has 104 valence electrons. The average Bonchev–Trinajstić information content (AvgIpc) is 2.57. The molecular formula is C16H16O4. The highest BCUT2D eigenvalue weighted by Gasteiger charge is 2.35. The van der Waals surface area contributed by atoms with Crippen molar-refractivity contribution in [1.82, 2.24) is 0 Å². The number of carbonyl (C=O) groups is 2. The number of allylic oxidation sites excluding steroid dienone is 2. The number of hydrogen-bond acceptors (Lipinski definition) is 4. The van der Waals surface area contributed by atoms with E-state index in [-0.39, 0.29) is 36.0 Å². The second kappa shape index (κ2) is 5.12. The average molecular weight is 272 g/mol. The van der Waals surface area contributed by atoms with Gasteiger partial charge in [0.15, 0.2) is 5.76 Å². The molecule has 4 heteroatoms. The van der Waals surface area contributed by atoms with Crippen LogP contribution in [0.5, 0.6) is 0 Å². The molecule has 0 spiro atoms. The molecule has 3 rings (SSSR count). The van der Waals surface area contributed by atoms with Crippen LogP contribution in [-0.2, 0) is 19.1 Å². The highest BCUT2D eigenvalue weighted by atomic mass is 16.6. The zero-order chi connectivity index (χ0) is 14.1. The van der Waals surface area contributed by atoms with Crippen LogP contribution in [0.4, 0.5) is 0 Å². The smallest absolute Gasteiger partial charge is 0.314 e. The first-order valence-electron chi connectivity index (χ1n) is 6.82. The van der Waals surface area contributed by atoms with E-state index >= 15 is 0 Å². The van der Waals surface area contributed by atoms with Gasteiger partial charge in [-0.15, -0.1) is 0 Å². The largest absolute Gasteiger partial charge is 0.483 e. The lowest BCUT2D eigenvalue weighted by Crippen LogP contribution is -2.21. The Labute approximate surface area is 117 Å². The molecule has 0 aromatic heterocycles. The summed E-state index contributed by atoms with van der Waals surface area (Å²) < 4.78 is 10.9. The van der Waals surface area contributed by atoms with Crippen LogP contribution in [0.2, 0.25) is 0 Å². The Kier molecular flexibility index (Phi) is 3.30. The summed E-state index contributed by atoms with van der Waals surface area (Å²) in [7, 11) is 0. The van der Waals surface area contributed by atoms with Crippen molar-refractivity contribution >= 4 is 11.8 Å². The second-order valence-electron chi connectivity index (χ2n) is 5.30. The molecule has 1 aliphatic heterocycles. The zero-order valence-electron chi connectivity index (χ0n) is 11.3. The standard InChI is InChI=1S/C16H16O4/c1-10-7-15(18)20-14-9-12(8-13(17)16(14)19-10)11-5-3-2-4-6-11/h2-6,10,12H,7-9H2,1H3. The third kappa shape index (κ3) is 2.46. The Morgan fingerprint density at radius 3 is 2.55 bits per heavy atom. The van der Waals surface area contributed by atoms with Gasteiger partial charge in [0.1, 0.15) is 6.10 Å². The first kappa shape index (κ1) is 12.9. The van der Waals surface area contributed by atoms with E-state index in [1.54, 1.807) is 6.92 Å². The predicted octanol–water partition coefficient (Wildman–Crippen LogP) is 2.70. The normalized spacial score (nSPS) is 26.4. The summed E-state index contributed by atoms with van der Waals surface area (Å²) in [5.41, 5.74) is 1.08. The van der Waals surface area contributed by atoms with Gasteiger partial charge in [-0.25, -0.2) is 0 Å². The van der Waals surface area contributed by atoms with Crippen LogP contribution in [0.3, 0.4) is 0 Å². The van der Waals surface area contributed by atoms with E-state index in [9.17, 15) is 9.59 Å². The molecule has 2 atom stereocenters. The topological polar surface area (TPSA) is 52.6 Å². The number of ether oxygens (including phenoxy) is 2. The van der Waals surface area contributed by atoms with Crippen LogP contribution >= 0.6 is 0 Å². The second-order valence-corrected chi connectivity index (χ2v) is 5.30. The summed E-state index contributed by atoms with van der Waals surface area (Å²) >= 11 is 0. The molecule has 0 amide bonds. The summed E-state index contributed by atoms with van der Waals surface area (Å²) in [6.07, 6.45) is 0.791. The van der Waals surface area contributed by atoms with Crippen molar-refractivity contribution in [2.24, 2.45) is 0 Å². The van der Waals surface area contributed by atoms with Crippen molar-refractivity contribution in [3.8, 4) is 0 Å². The lowest BCUT2D eigenvalue weighted by Gasteiger charge is -2.24. The summed E-state index contributed by atoms with van der Waals surface area (Å²) in [6.45, 7) is 1.77. The first-order valence-corrected chi connectivity index (χ1v) is 6.82. The maximum Gasteiger partial charge on any atom is 0.314 e. The molecule has 2 unspecified atom stereocenters. The van der Waals surface area contributed by atoms with Gasteiger partial charge in [-0.1, -0.05) is 30.3 Å². The number of carbonyl (C=O) groups excluding carboxylic acids is 2. The van der Waals surface area contributed by atoms with Gasteiger partial charge in [0.05, 0.1) is 6.42 Å². The van der Waals surface area contributed by atoms with E-state index in [2.05, 4.69) is 0 Å². The Balaban J connectivity index is 1.90. The highest BCUT2D eigenvalue weighted by Crippen LogP contribution is 2.37. The number of Topliss-reactive ketones (excluding diaryl/α,β-unsaturated/α-hetero) is 1. The Hall–Kier alpha value is -2.10. The van der Waals surface area contributed by atoms with Crippen LogP contribution in [0.15, 0.2) is 41.9 Å². The molecule has 0 N–H and O–H groups in total. The molecule has 1 aliphatic carbocycles. The van der Waals surface area contributed by atoms with Gasteiger partial charge in [0, 0.05) is 12.8 Å². The molecule has 1 aromatic rings. The van der Waals surface area contributed by atoms with E-state index in [4.69, 9.17) is 9.47 Å². The fourth-order valence-electron chi connectivity index (χ4n) is 2.70. The van der Waals surface area contributed by atoms with Gasteiger partial charge >= 0.3 is 5.97 Å². The van der Waals surface area contributed by atoms with E-state index < -0.39 is 0 Å². The molecular weight excluding hydrogens is 256 g/mol. The fourth-order valence-corrected chi connectivity index (χ4v) is 2.70. The fraction of sp³-hybridized carbons (Fsp3) is 0.375.